The van der Waals surface area contributed by atoms with Gasteiger partial charge >= 0.3 is 0 Å². The van der Waals surface area contributed by atoms with Crippen molar-refractivity contribution in [3.8, 4) is 0 Å². The SMILES string of the molecule is O=C(CC(NC(=O)c1ccccc1Cl)c1ccccc1)Nc1ccc(N2CCOCC2)cc1. The smallest absolute Gasteiger partial charge is 0.253 e. The number of benzene rings is 3. The Kier molecular flexibility index (Phi) is 7.60. The maximum absolute atomic E-state index is 12.9. The molecule has 1 aliphatic heterocycles. The molecular formula is C26H26ClN3O3. The van der Waals surface area contributed by atoms with Gasteiger partial charge in [-0.25, -0.2) is 0 Å². The number of carbonyl (C=O) groups is 2. The maximum Gasteiger partial charge on any atom is 0.253 e. The molecular weight excluding hydrogens is 438 g/mol. The highest BCUT2D eigenvalue weighted by Gasteiger charge is 2.20. The van der Waals surface area contributed by atoms with E-state index in [0.717, 1.165) is 37.6 Å². The number of halogens is 1. The Bertz CT molecular complexity index is 1080. The molecule has 0 aliphatic carbocycles. The predicted molar refractivity (Wildman–Crippen MR) is 131 cm³/mol. The lowest BCUT2D eigenvalue weighted by molar-refractivity contribution is -0.116. The standard InChI is InChI=1S/C26H26ClN3O3/c27-23-9-5-4-8-22(23)26(32)29-24(19-6-2-1-3-7-19)18-25(31)28-20-10-12-21(13-11-20)30-14-16-33-17-15-30/h1-13,24H,14-18H2,(H,28,31)(H,29,32). The highest BCUT2D eigenvalue weighted by Crippen LogP contribution is 2.22. The summed E-state index contributed by atoms with van der Waals surface area (Å²) < 4.78 is 5.40. The fourth-order valence-electron chi connectivity index (χ4n) is 3.79. The highest BCUT2D eigenvalue weighted by molar-refractivity contribution is 6.33. The quantitative estimate of drug-likeness (QED) is 0.534. The Morgan fingerprint density at radius 1 is 0.909 bits per heavy atom. The molecule has 1 saturated heterocycles. The van der Waals surface area contributed by atoms with Crippen LogP contribution in [0.25, 0.3) is 0 Å². The van der Waals surface area contributed by atoms with Crippen molar-refractivity contribution in [2.45, 2.75) is 12.5 Å². The fraction of sp³-hybridized carbons (Fsp3) is 0.231. The third-order valence-corrected chi connectivity index (χ3v) is 5.87. The van der Waals surface area contributed by atoms with E-state index in [4.69, 9.17) is 16.3 Å². The van der Waals surface area contributed by atoms with E-state index in [1.165, 1.54) is 0 Å². The first-order chi connectivity index (χ1) is 16.1. The molecule has 4 rings (SSSR count). The summed E-state index contributed by atoms with van der Waals surface area (Å²) in [5, 5.41) is 6.26. The molecule has 7 heteroatoms. The summed E-state index contributed by atoms with van der Waals surface area (Å²) in [7, 11) is 0. The number of hydrogen-bond donors (Lipinski definition) is 2. The third-order valence-electron chi connectivity index (χ3n) is 5.54. The number of nitrogens with one attached hydrogen (secondary N) is 2. The van der Waals surface area contributed by atoms with Crippen LogP contribution in [0.2, 0.25) is 5.02 Å². The summed E-state index contributed by atoms with van der Waals surface area (Å²) in [5.41, 5.74) is 3.03. The Morgan fingerprint density at radius 3 is 2.27 bits per heavy atom. The van der Waals surface area contributed by atoms with Crippen molar-refractivity contribution in [2.75, 3.05) is 36.5 Å². The second kappa shape index (κ2) is 11.0. The summed E-state index contributed by atoms with van der Waals surface area (Å²) >= 11 is 6.18. The van der Waals surface area contributed by atoms with Gasteiger partial charge in [0, 0.05) is 24.5 Å². The van der Waals surface area contributed by atoms with Gasteiger partial charge in [0.15, 0.2) is 0 Å². The molecule has 170 valence electrons. The lowest BCUT2D eigenvalue weighted by Gasteiger charge is -2.28. The Labute approximate surface area is 198 Å². The molecule has 2 N–H and O–H groups in total. The number of anilines is 2. The number of nitrogens with zero attached hydrogens (tertiary/aromatic N) is 1. The average Bonchev–Trinajstić information content (AvgIpc) is 2.85. The van der Waals surface area contributed by atoms with Gasteiger partial charge in [-0.1, -0.05) is 54.1 Å². The van der Waals surface area contributed by atoms with E-state index in [-0.39, 0.29) is 18.2 Å². The highest BCUT2D eigenvalue weighted by atomic mass is 35.5. The van der Waals surface area contributed by atoms with Gasteiger partial charge in [-0.15, -0.1) is 0 Å². The Balaban J connectivity index is 1.43. The zero-order valence-electron chi connectivity index (χ0n) is 18.2. The minimum absolute atomic E-state index is 0.0887. The molecule has 33 heavy (non-hydrogen) atoms. The van der Waals surface area contributed by atoms with Gasteiger partial charge in [0.25, 0.3) is 5.91 Å². The van der Waals surface area contributed by atoms with E-state index in [0.29, 0.717) is 16.3 Å². The van der Waals surface area contributed by atoms with Crippen LogP contribution in [0.4, 0.5) is 11.4 Å². The van der Waals surface area contributed by atoms with Gasteiger partial charge in [-0.3, -0.25) is 9.59 Å². The topological polar surface area (TPSA) is 70.7 Å². The van der Waals surface area contributed by atoms with Gasteiger partial charge in [0.1, 0.15) is 0 Å². The van der Waals surface area contributed by atoms with Crippen molar-refractivity contribution < 1.29 is 14.3 Å². The van der Waals surface area contributed by atoms with Crippen LogP contribution in [0.15, 0.2) is 78.9 Å². The summed E-state index contributed by atoms with van der Waals surface area (Å²) in [6, 6.07) is 23.6. The van der Waals surface area contributed by atoms with Crippen LogP contribution in [-0.4, -0.2) is 38.1 Å². The van der Waals surface area contributed by atoms with Crippen LogP contribution in [0.5, 0.6) is 0 Å². The van der Waals surface area contributed by atoms with Crippen LogP contribution >= 0.6 is 11.6 Å². The van der Waals surface area contributed by atoms with Gasteiger partial charge in [0.2, 0.25) is 5.91 Å². The fourth-order valence-corrected chi connectivity index (χ4v) is 4.02. The van der Waals surface area contributed by atoms with Gasteiger partial charge in [0.05, 0.1) is 36.3 Å². The van der Waals surface area contributed by atoms with Crippen molar-refractivity contribution in [3.05, 3.63) is 95.0 Å². The molecule has 0 aromatic heterocycles. The van der Waals surface area contributed by atoms with E-state index >= 15 is 0 Å². The number of carbonyl (C=O) groups excluding carboxylic acids is 2. The van der Waals surface area contributed by atoms with Crippen molar-refractivity contribution in [1.82, 2.24) is 5.32 Å². The molecule has 0 radical (unpaired) electrons. The van der Waals surface area contributed by atoms with Crippen LogP contribution in [0, 0.1) is 0 Å². The monoisotopic (exact) mass is 463 g/mol. The van der Waals surface area contributed by atoms with Gasteiger partial charge in [-0.05, 0) is 42.0 Å². The molecule has 1 fully saturated rings. The molecule has 1 heterocycles. The molecule has 0 spiro atoms. The number of ether oxygens (including phenoxy) is 1. The largest absolute Gasteiger partial charge is 0.378 e. The lowest BCUT2D eigenvalue weighted by Crippen LogP contribution is -2.36. The second-order valence-electron chi connectivity index (χ2n) is 7.82. The number of morpholine rings is 1. The van der Waals surface area contributed by atoms with Gasteiger partial charge < -0.3 is 20.3 Å². The van der Waals surface area contributed by atoms with Crippen molar-refractivity contribution in [3.63, 3.8) is 0 Å². The predicted octanol–water partition coefficient (Wildman–Crippen LogP) is 4.68. The molecule has 3 aromatic rings. The first-order valence-electron chi connectivity index (χ1n) is 10.9. The maximum atomic E-state index is 12.9. The second-order valence-corrected chi connectivity index (χ2v) is 8.22. The summed E-state index contributed by atoms with van der Waals surface area (Å²) in [5.74, 6) is -0.514. The molecule has 1 atom stereocenters. The van der Waals surface area contributed by atoms with Crippen LogP contribution in [-0.2, 0) is 9.53 Å². The molecule has 6 nitrogen and oxygen atoms in total. The normalized spacial score (nSPS) is 14.4. The van der Waals surface area contributed by atoms with E-state index < -0.39 is 6.04 Å². The van der Waals surface area contributed by atoms with Crippen LogP contribution < -0.4 is 15.5 Å². The molecule has 0 bridgehead atoms. The number of rotatable bonds is 7. The number of amides is 2. The van der Waals surface area contributed by atoms with Crippen LogP contribution in [0.3, 0.4) is 0 Å². The molecule has 0 saturated carbocycles. The first kappa shape index (κ1) is 22.8. The minimum atomic E-state index is -0.498. The Hall–Kier alpha value is -3.35. The average molecular weight is 464 g/mol. The van der Waals surface area contributed by atoms with Crippen molar-refractivity contribution in [1.29, 1.82) is 0 Å². The Morgan fingerprint density at radius 2 is 1.58 bits per heavy atom. The number of hydrogen-bond acceptors (Lipinski definition) is 4. The summed E-state index contributed by atoms with van der Waals surface area (Å²) in [6.45, 7) is 3.16. The summed E-state index contributed by atoms with van der Waals surface area (Å²) in [6.07, 6.45) is 0.0887. The summed E-state index contributed by atoms with van der Waals surface area (Å²) in [4.78, 5) is 27.9. The van der Waals surface area contributed by atoms with E-state index in [9.17, 15) is 9.59 Å². The van der Waals surface area contributed by atoms with Gasteiger partial charge in [-0.2, -0.15) is 0 Å². The minimum Gasteiger partial charge on any atom is -0.378 e. The molecule has 1 aliphatic rings. The van der Waals surface area contributed by atoms with Crippen molar-refractivity contribution >= 4 is 34.8 Å². The molecule has 3 aromatic carbocycles. The van der Waals surface area contributed by atoms with Crippen molar-refractivity contribution in [2.24, 2.45) is 0 Å². The lowest BCUT2D eigenvalue weighted by atomic mass is 10.0. The molecule has 2 amide bonds. The molecule has 1 unspecified atom stereocenters. The van der Waals surface area contributed by atoms with Crippen LogP contribution in [0.1, 0.15) is 28.4 Å². The van der Waals surface area contributed by atoms with E-state index in [1.807, 2.05) is 54.6 Å². The third kappa shape index (κ3) is 6.12. The zero-order valence-corrected chi connectivity index (χ0v) is 18.9. The van der Waals surface area contributed by atoms with E-state index in [1.54, 1.807) is 24.3 Å². The zero-order chi connectivity index (χ0) is 23.0. The first-order valence-corrected chi connectivity index (χ1v) is 11.3. The van der Waals surface area contributed by atoms with E-state index in [2.05, 4.69) is 15.5 Å².